The maximum Gasteiger partial charge on any atom is 0.296 e. The highest BCUT2D eigenvalue weighted by Gasteiger charge is 2.14. The lowest BCUT2D eigenvalue weighted by atomic mass is 10.1. The van der Waals surface area contributed by atoms with Crippen LogP contribution in [0, 0.1) is 0 Å². The summed E-state index contributed by atoms with van der Waals surface area (Å²) in [6.45, 7) is 5.04. The van der Waals surface area contributed by atoms with E-state index >= 15 is 0 Å². The van der Waals surface area contributed by atoms with Crippen LogP contribution in [0.25, 0.3) is 0 Å². The molecule has 0 fully saturated rings. The lowest BCUT2D eigenvalue weighted by Gasteiger charge is -2.05. The molecule has 2 aromatic carbocycles. The fourth-order valence-electron chi connectivity index (χ4n) is 4.83. The Hall–Kier alpha value is -0.974. The lowest BCUT2D eigenvalue weighted by molar-refractivity contribution is 0.305. The Morgan fingerprint density at radius 2 is 0.644 bits per heavy atom. The molecule has 0 aliphatic heterocycles. The minimum atomic E-state index is -3.57. The first-order chi connectivity index (χ1) is 21.3. The first-order valence-electron chi connectivity index (χ1n) is 17.2. The minimum Gasteiger partial charge on any atom is -0.266 e. The SMILES string of the molecule is CCCCCCCCCCCCOS(=O)(=O)c1ccccc1.CCCCCCCCCCCCOS(=O)(=O)c1ccccc1.[Mg]. The number of unbranched alkanes of at least 4 members (excludes halogenated alkanes) is 18. The van der Waals surface area contributed by atoms with E-state index in [2.05, 4.69) is 13.8 Å². The summed E-state index contributed by atoms with van der Waals surface area (Å²) in [4.78, 5) is 0.476. The molecule has 0 saturated carbocycles. The molecule has 0 amide bonds. The Labute approximate surface area is 292 Å². The van der Waals surface area contributed by atoms with Crippen molar-refractivity contribution in [1.29, 1.82) is 0 Å². The highest BCUT2D eigenvalue weighted by molar-refractivity contribution is 7.87. The van der Waals surface area contributed by atoms with E-state index in [0.717, 1.165) is 25.7 Å². The molecule has 0 aliphatic carbocycles. The van der Waals surface area contributed by atoms with Gasteiger partial charge in [0.25, 0.3) is 20.2 Å². The van der Waals surface area contributed by atoms with Crippen LogP contribution >= 0.6 is 0 Å². The minimum absolute atomic E-state index is 0. The molecular weight excluding hydrogens is 617 g/mol. The van der Waals surface area contributed by atoms with Crippen molar-refractivity contribution in [1.82, 2.24) is 0 Å². The van der Waals surface area contributed by atoms with Crippen LogP contribution in [0.5, 0.6) is 0 Å². The quantitative estimate of drug-likeness (QED) is 0.0560. The molecule has 0 bridgehead atoms. The monoisotopic (exact) mass is 676 g/mol. The van der Waals surface area contributed by atoms with E-state index in [-0.39, 0.29) is 46.1 Å². The van der Waals surface area contributed by atoms with Crippen molar-refractivity contribution in [2.45, 2.75) is 152 Å². The molecule has 2 radical (unpaired) electrons. The number of rotatable bonds is 26. The molecule has 6 nitrogen and oxygen atoms in total. The van der Waals surface area contributed by atoms with Crippen molar-refractivity contribution in [2.75, 3.05) is 13.2 Å². The van der Waals surface area contributed by atoms with E-state index in [9.17, 15) is 16.8 Å². The molecule has 0 aliphatic rings. The summed E-state index contributed by atoms with van der Waals surface area (Å²) in [5, 5.41) is 0. The fourth-order valence-corrected chi connectivity index (χ4v) is 6.75. The number of hydrogen-bond donors (Lipinski definition) is 0. The molecule has 254 valence electrons. The smallest absolute Gasteiger partial charge is 0.266 e. The van der Waals surface area contributed by atoms with Crippen molar-refractivity contribution < 1.29 is 25.2 Å². The van der Waals surface area contributed by atoms with Crippen molar-refractivity contribution in [2.24, 2.45) is 0 Å². The zero-order chi connectivity index (χ0) is 32.2. The molecule has 0 saturated heterocycles. The zero-order valence-electron chi connectivity index (χ0n) is 28.3. The van der Waals surface area contributed by atoms with Crippen LogP contribution in [0.1, 0.15) is 142 Å². The van der Waals surface area contributed by atoms with Gasteiger partial charge in [-0.05, 0) is 37.1 Å². The van der Waals surface area contributed by atoms with Gasteiger partial charge < -0.3 is 0 Å². The lowest BCUT2D eigenvalue weighted by Crippen LogP contribution is -2.07. The summed E-state index contributed by atoms with van der Waals surface area (Å²) in [5.41, 5.74) is 0. The maximum atomic E-state index is 11.9. The molecule has 0 atom stereocenters. The van der Waals surface area contributed by atoms with E-state index in [1.165, 1.54) is 103 Å². The molecule has 9 heteroatoms. The Morgan fingerprint density at radius 3 is 0.911 bits per heavy atom. The van der Waals surface area contributed by atoms with Crippen LogP contribution in [0.2, 0.25) is 0 Å². The van der Waals surface area contributed by atoms with Crippen LogP contribution in [0.4, 0.5) is 0 Å². The molecule has 0 spiro atoms. The van der Waals surface area contributed by atoms with Crippen LogP contribution in [0.15, 0.2) is 70.5 Å². The number of benzene rings is 2. The van der Waals surface area contributed by atoms with Gasteiger partial charge in [-0.25, -0.2) is 0 Å². The molecule has 2 aromatic rings. The third-order valence-corrected chi connectivity index (χ3v) is 10.2. The molecule has 0 unspecified atom stereocenters. The first kappa shape index (κ1) is 44.0. The Bertz CT molecular complexity index is 1040. The summed E-state index contributed by atoms with van der Waals surface area (Å²) in [6.07, 6.45) is 24.5. The van der Waals surface area contributed by atoms with Gasteiger partial charge in [-0.15, -0.1) is 0 Å². The summed E-state index contributed by atoms with van der Waals surface area (Å²) in [6, 6.07) is 16.7. The third-order valence-electron chi connectivity index (χ3n) is 7.54. The molecule has 2 rings (SSSR count). The van der Waals surface area contributed by atoms with Crippen molar-refractivity contribution in [3.05, 3.63) is 60.7 Å². The van der Waals surface area contributed by atoms with Crippen LogP contribution < -0.4 is 0 Å². The third kappa shape index (κ3) is 23.9. The topological polar surface area (TPSA) is 86.7 Å². The average molecular weight is 677 g/mol. The van der Waals surface area contributed by atoms with Gasteiger partial charge in [0.05, 0.1) is 23.0 Å². The van der Waals surface area contributed by atoms with Gasteiger partial charge in [0.15, 0.2) is 0 Å². The normalized spacial score (nSPS) is 11.4. The highest BCUT2D eigenvalue weighted by atomic mass is 32.2. The second kappa shape index (κ2) is 29.2. The average Bonchev–Trinajstić information content (AvgIpc) is 3.03. The highest BCUT2D eigenvalue weighted by Crippen LogP contribution is 2.15. The van der Waals surface area contributed by atoms with Crippen molar-refractivity contribution >= 4 is 43.3 Å². The van der Waals surface area contributed by atoms with Gasteiger partial charge >= 0.3 is 0 Å². The Kier molecular flexibility index (Phi) is 28.6. The first-order valence-corrected chi connectivity index (χ1v) is 20.0. The van der Waals surface area contributed by atoms with E-state index in [1.807, 2.05) is 0 Å². The van der Waals surface area contributed by atoms with Gasteiger partial charge in [-0.2, -0.15) is 16.8 Å². The van der Waals surface area contributed by atoms with E-state index in [4.69, 9.17) is 8.37 Å². The molecule has 0 N–H and O–H groups in total. The number of hydrogen-bond acceptors (Lipinski definition) is 6. The Balaban J connectivity index is 0.000000842. The zero-order valence-corrected chi connectivity index (χ0v) is 31.4. The molecular formula is C36H60MgO6S2. The second-order valence-corrected chi connectivity index (χ2v) is 14.8. The van der Waals surface area contributed by atoms with Crippen molar-refractivity contribution in [3.8, 4) is 0 Å². The summed E-state index contributed by atoms with van der Waals surface area (Å²) < 4.78 is 57.6. The summed E-state index contributed by atoms with van der Waals surface area (Å²) in [5.74, 6) is 0. The summed E-state index contributed by atoms with van der Waals surface area (Å²) in [7, 11) is -7.14. The van der Waals surface area contributed by atoms with E-state index < -0.39 is 20.2 Å². The maximum absolute atomic E-state index is 11.9. The van der Waals surface area contributed by atoms with E-state index in [0.29, 0.717) is 0 Å². The van der Waals surface area contributed by atoms with Crippen LogP contribution in [0.3, 0.4) is 0 Å². The second-order valence-electron chi connectivity index (χ2n) is 11.5. The Morgan fingerprint density at radius 1 is 0.400 bits per heavy atom. The largest absolute Gasteiger partial charge is 0.296 e. The van der Waals surface area contributed by atoms with Crippen LogP contribution in [-0.2, 0) is 28.6 Å². The summed E-state index contributed by atoms with van der Waals surface area (Å²) >= 11 is 0. The van der Waals surface area contributed by atoms with Gasteiger partial charge in [-0.1, -0.05) is 166 Å². The molecule has 0 aromatic heterocycles. The van der Waals surface area contributed by atoms with Gasteiger partial charge in [0, 0.05) is 23.1 Å². The van der Waals surface area contributed by atoms with Gasteiger partial charge in [0.1, 0.15) is 0 Å². The standard InChI is InChI=1S/2C18H30O3S.Mg/c2*1-2-3-4-5-6-7-8-9-10-14-17-21-22(19,20)18-15-12-11-13-16-18;/h2*11-13,15-16H,2-10,14,17H2,1H3;. The molecule has 0 heterocycles. The van der Waals surface area contributed by atoms with E-state index in [1.54, 1.807) is 60.7 Å². The molecule has 45 heavy (non-hydrogen) atoms. The van der Waals surface area contributed by atoms with Crippen molar-refractivity contribution in [3.63, 3.8) is 0 Å². The predicted octanol–water partition coefficient (Wildman–Crippen LogP) is 10.2. The predicted molar refractivity (Wildman–Crippen MR) is 189 cm³/mol. The van der Waals surface area contributed by atoms with Gasteiger partial charge in [-0.3, -0.25) is 8.37 Å². The van der Waals surface area contributed by atoms with Crippen LogP contribution in [-0.4, -0.2) is 53.1 Å². The van der Waals surface area contributed by atoms with Gasteiger partial charge in [0.2, 0.25) is 0 Å². The fraction of sp³-hybridized carbons (Fsp3) is 0.667.